The van der Waals surface area contributed by atoms with Crippen molar-refractivity contribution in [1.29, 1.82) is 0 Å². The molecule has 0 bridgehead atoms. The number of nitrogens with one attached hydrogen (secondary N) is 1. The second-order valence-corrected chi connectivity index (χ2v) is 3.24. The maximum atomic E-state index is 13.0. The summed E-state index contributed by atoms with van der Waals surface area (Å²) >= 11 is 5.59. The number of hydrogen-bond donors (Lipinski definition) is 1. The summed E-state index contributed by atoms with van der Waals surface area (Å²) in [5.74, 6) is -1.91. The summed E-state index contributed by atoms with van der Waals surface area (Å²) in [6, 6.07) is 3.85. The van der Waals surface area contributed by atoms with Gasteiger partial charge >= 0.3 is 5.97 Å². The zero-order chi connectivity index (χ0) is 12.1. The van der Waals surface area contributed by atoms with Gasteiger partial charge in [-0.1, -0.05) is 17.7 Å². The minimum atomic E-state index is -0.688. The quantitative estimate of drug-likeness (QED) is 0.819. The predicted molar refractivity (Wildman–Crippen MR) is 55.8 cm³/mol. The van der Waals surface area contributed by atoms with Crippen LogP contribution in [0.2, 0.25) is 5.02 Å². The van der Waals surface area contributed by atoms with Gasteiger partial charge in [0.25, 0.3) is 5.91 Å². The maximum Gasteiger partial charge on any atom is 0.325 e. The van der Waals surface area contributed by atoms with Gasteiger partial charge in [0.15, 0.2) is 0 Å². The molecule has 0 heterocycles. The standard InChI is InChI=1S/C10H9ClFNO3/c1-16-8(14)5-13-10(15)6-3-2-4-7(12)9(6)11/h2-4H,5H2,1H3,(H,13,15). The van der Waals surface area contributed by atoms with E-state index in [1.54, 1.807) is 0 Å². The second kappa shape index (κ2) is 5.46. The number of benzene rings is 1. The zero-order valence-corrected chi connectivity index (χ0v) is 9.18. The van der Waals surface area contributed by atoms with E-state index in [2.05, 4.69) is 10.1 Å². The Hall–Kier alpha value is -1.62. The Labute approximate surface area is 96.3 Å². The van der Waals surface area contributed by atoms with Crippen LogP contribution in [0.4, 0.5) is 4.39 Å². The molecule has 1 aromatic carbocycles. The molecular weight excluding hydrogens is 237 g/mol. The average molecular weight is 246 g/mol. The first kappa shape index (κ1) is 12.4. The monoisotopic (exact) mass is 245 g/mol. The van der Waals surface area contributed by atoms with E-state index < -0.39 is 17.7 Å². The molecule has 0 unspecified atom stereocenters. The highest BCUT2D eigenvalue weighted by atomic mass is 35.5. The molecule has 0 fully saturated rings. The van der Waals surface area contributed by atoms with Crippen molar-refractivity contribution < 1.29 is 18.7 Å². The van der Waals surface area contributed by atoms with Gasteiger partial charge in [0.1, 0.15) is 12.4 Å². The first-order valence-corrected chi connectivity index (χ1v) is 4.73. The van der Waals surface area contributed by atoms with Crippen LogP contribution in [0, 0.1) is 5.82 Å². The first-order valence-electron chi connectivity index (χ1n) is 4.35. The number of carbonyl (C=O) groups excluding carboxylic acids is 2. The topological polar surface area (TPSA) is 55.4 Å². The van der Waals surface area contributed by atoms with E-state index in [0.29, 0.717) is 0 Å². The smallest absolute Gasteiger partial charge is 0.325 e. The van der Waals surface area contributed by atoms with Crippen molar-refractivity contribution in [2.75, 3.05) is 13.7 Å². The van der Waals surface area contributed by atoms with Gasteiger partial charge in [0.2, 0.25) is 0 Å². The Balaban J connectivity index is 2.74. The van der Waals surface area contributed by atoms with Crippen molar-refractivity contribution in [3.05, 3.63) is 34.6 Å². The van der Waals surface area contributed by atoms with Crippen LogP contribution in [0.25, 0.3) is 0 Å². The van der Waals surface area contributed by atoms with E-state index in [-0.39, 0.29) is 17.1 Å². The average Bonchev–Trinajstić information content (AvgIpc) is 2.29. The molecule has 0 spiro atoms. The van der Waals surface area contributed by atoms with Crippen LogP contribution in [0.1, 0.15) is 10.4 Å². The van der Waals surface area contributed by atoms with Crippen molar-refractivity contribution in [2.24, 2.45) is 0 Å². The van der Waals surface area contributed by atoms with E-state index in [0.717, 1.165) is 6.07 Å². The molecule has 6 heteroatoms. The van der Waals surface area contributed by atoms with Gasteiger partial charge in [0.05, 0.1) is 17.7 Å². The van der Waals surface area contributed by atoms with E-state index in [4.69, 9.17) is 11.6 Å². The molecule has 0 saturated heterocycles. The third-order valence-corrected chi connectivity index (χ3v) is 2.20. The van der Waals surface area contributed by atoms with Crippen molar-refractivity contribution >= 4 is 23.5 Å². The summed E-state index contributed by atoms with van der Waals surface area (Å²) in [4.78, 5) is 22.2. The van der Waals surface area contributed by atoms with Crippen molar-refractivity contribution in [3.63, 3.8) is 0 Å². The molecule has 1 N–H and O–H groups in total. The lowest BCUT2D eigenvalue weighted by Crippen LogP contribution is -2.30. The molecule has 0 radical (unpaired) electrons. The number of carbonyl (C=O) groups is 2. The molecule has 16 heavy (non-hydrogen) atoms. The lowest BCUT2D eigenvalue weighted by Gasteiger charge is -2.05. The number of esters is 1. The fourth-order valence-corrected chi connectivity index (χ4v) is 1.21. The molecule has 0 saturated carbocycles. The Morgan fingerprint density at radius 3 is 2.81 bits per heavy atom. The van der Waals surface area contributed by atoms with Gasteiger partial charge in [-0.15, -0.1) is 0 Å². The number of amides is 1. The van der Waals surface area contributed by atoms with Crippen LogP contribution >= 0.6 is 11.6 Å². The van der Waals surface area contributed by atoms with Gasteiger partial charge in [-0.05, 0) is 12.1 Å². The number of rotatable bonds is 3. The Morgan fingerprint density at radius 2 is 2.19 bits per heavy atom. The van der Waals surface area contributed by atoms with E-state index in [1.807, 2.05) is 0 Å². The summed E-state index contributed by atoms with van der Waals surface area (Å²) in [6.45, 7) is -0.290. The van der Waals surface area contributed by atoms with Crippen molar-refractivity contribution in [3.8, 4) is 0 Å². The molecular formula is C10H9ClFNO3. The van der Waals surface area contributed by atoms with Crippen molar-refractivity contribution in [2.45, 2.75) is 0 Å². The maximum absolute atomic E-state index is 13.0. The normalized spacial score (nSPS) is 9.69. The van der Waals surface area contributed by atoms with E-state index in [1.165, 1.54) is 19.2 Å². The Kier molecular flexibility index (Phi) is 4.25. The molecule has 4 nitrogen and oxygen atoms in total. The number of hydrogen-bond acceptors (Lipinski definition) is 3. The van der Waals surface area contributed by atoms with E-state index >= 15 is 0 Å². The highest BCUT2D eigenvalue weighted by molar-refractivity contribution is 6.34. The zero-order valence-electron chi connectivity index (χ0n) is 8.42. The minimum Gasteiger partial charge on any atom is -0.468 e. The van der Waals surface area contributed by atoms with Crippen LogP contribution in [0.3, 0.4) is 0 Å². The van der Waals surface area contributed by atoms with Gasteiger partial charge < -0.3 is 10.1 Å². The van der Waals surface area contributed by atoms with Gasteiger partial charge in [-0.3, -0.25) is 9.59 Å². The van der Waals surface area contributed by atoms with Crippen LogP contribution in [0.15, 0.2) is 18.2 Å². The van der Waals surface area contributed by atoms with E-state index in [9.17, 15) is 14.0 Å². The van der Waals surface area contributed by atoms with Crippen LogP contribution in [0.5, 0.6) is 0 Å². The second-order valence-electron chi connectivity index (χ2n) is 2.86. The molecule has 0 aliphatic heterocycles. The number of halogens is 2. The van der Waals surface area contributed by atoms with Crippen LogP contribution in [-0.4, -0.2) is 25.5 Å². The van der Waals surface area contributed by atoms with Crippen LogP contribution in [-0.2, 0) is 9.53 Å². The third kappa shape index (κ3) is 2.93. The molecule has 1 rings (SSSR count). The summed E-state index contributed by atoms with van der Waals surface area (Å²) in [6.07, 6.45) is 0. The molecule has 0 aliphatic carbocycles. The first-order chi connectivity index (χ1) is 7.56. The summed E-state index contributed by atoms with van der Waals surface area (Å²) in [7, 11) is 1.20. The molecule has 86 valence electrons. The Morgan fingerprint density at radius 1 is 1.50 bits per heavy atom. The van der Waals surface area contributed by atoms with Crippen molar-refractivity contribution in [1.82, 2.24) is 5.32 Å². The predicted octanol–water partition coefficient (Wildman–Crippen LogP) is 1.38. The summed E-state index contributed by atoms with van der Waals surface area (Å²) in [5.41, 5.74) is -0.0226. The lowest BCUT2D eigenvalue weighted by molar-refractivity contribution is -0.139. The van der Waals surface area contributed by atoms with Crippen LogP contribution < -0.4 is 5.32 Å². The summed E-state index contributed by atoms with van der Waals surface area (Å²) in [5, 5.41) is 1.98. The number of methoxy groups -OCH3 is 1. The third-order valence-electron chi connectivity index (χ3n) is 1.82. The highest BCUT2D eigenvalue weighted by Crippen LogP contribution is 2.19. The largest absolute Gasteiger partial charge is 0.468 e. The Bertz CT molecular complexity index is 423. The molecule has 1 amide bonds. The fraction of sp³-hybridized carbons (Fsp3) is 0.200. The molecule has 1 aromatic rings. The lowest BCUT2D eigenvalue weighted by atomic mass is 10.2. The van der Waals surface area contributed by atoms with Gasteiger partial charge in [-0.2, -0.15) is 0 Å². The molecule has 0 aliphatic rings. The van der Waals surface area contributed by atoms with Gasteiger partial charge in [-0.25, -0.2) is 4.39 Å². The fourth-order valence-electron chi connectivity index (χ4n) is 0.999. The minimum absolute atomic E-state index is 0.0226. The highest BCUT2D eigenvalue weighted by Gasteiger charge is 2.14. The number of ether oxygens (including phenoxy) is 1. The molecule has 0 aromatic heterocycles. The van der Waals surface area contributed by atoms with Gasteiger partial charge in [0, 0.05) is 0 Å². The SMILES string of the molecule is COC(=O)CNC(=O)c1cccc(F)c1Cl. The summed E-state index contributed by atoms with van der Waals surface area (Å²) < 4.78 is 17.3. The molecule has 0 atom stereocenters.